The van der Waals surface area contributed by atoms with Crippen molar-refractivity contribution in [1.82, 2.24) is 14.5 Å². The molecule has 2 aromatic carbocycles. The van der Waals surface area contributed by atoms with Crippen LogP contribution in [0, 0.1) is 13.8 Å². The molecule has 1 atom stereocenters. The minimum absolute atomic E-state index is 0.151. The van der Waals surface area contributed by atoms with Crippen LogP contribution in [0.25, 0.3) is 22.2 Å². The van der Waals surface area contributed by atoms with E-state index in [0.29, 0.717) is 28.4 Å². The van der Waals surface area contributed by atoms with E-state index in [0.717, 1.165) is 34.9 Å². The number of nitrogens with zero attached hydrogens (tertiary/aromatic N) is 3. The topological polar surface area (TPSA) is 106 Å². The lowest BCUT2D eigenvalue weighted by Gasteiger charge is -2.15. The first-order valence-electron chi connectivity index (χ1n) is 10.3. The van der Waals surface area contributed by atoms with Crippen LogP contribution in [0.5, 0.6) is 0 Å². The smallest absolute Gasteiger partial charge is 0.383 e. The number of anilines is 2. The van der Waals surface area contributed by atoms with Gasteiger partial charge in [-0.05, 0) is 54.8 Å². The second-order valence-electron chi connectivity index (χ2n) is 8.05. The number of nitrogen functional groups attached to an aromatic ring is 1. The number of aryl methyl sites for hydroxylation is 3. The molecular weight excluding hydrogens is 447 g/mol. The van der Waals surface area contributed by atoms with E-state index in [2.05, 4.69) is 15.3 Å². The minimum atomic E-state index is -4.58. The molecule has 0 saturated carbocycles. The van der Waals surface area contributed by atoms with Crippen molar-refractivity contribution < 1.29 is 23.1 Å². The number of rotatable bonds is 4. The van der Waals surface area contributed by atoms with E-state index >= 15 is 0 Å². The summed E-state index contributed by atoms with van der Waals surface area (Å²) in [7, 11) is 1.86. The second-order valence-corrected chi connectivity index (χ2v) is 8.05. The van der Waals surface area contributed by atoms with Crippen molar-refractivity contribution in [3.63, 3.8) is 0 Å². The summed E-state index contributed by atoms with van der Waals surface area (Å²) in [6.07, 6.45) is -4.44. The Bertz CT molecular complexity index is 1410. The Labute approximate surface area is 193 Å². The number of aliphatic hydroxyl groups is 1. The molecule has 7 nitrogen and oxygen atoms in total. The normalized spacial score (nSPS) is 12.7. The van der Waals surface area contributed by atoms with E-state index in [9.17, 15) is 23.1 Å². The van der Waals surface area contributed by atoms with Crippen LogP contribution in [0.4, 0.5) is 24.7 Å². The number of halogens is 3. The predicted octanol–water partition coefficient (Wildman–Crippen LogP) is 4.53. The summed E-state index contributed by atoms with van der Waals surface area (Å²) in [5.41, 5.74) is 8.63. The van der Waals surface area contributed by atoms with Crippen molar-refractivity contribution in [2.75, 3.05) is 11.1 Å². The molecule has 0 aliphatic rings. The van der Waals surface area contributed by atoms with Gasteiger partial charge in [0, 0.05) is 24.5 Å². The van der Waals surface area contributed by atoms with E-state index in [1.54, 1.807) is 25.1 Å². The highest BCUT2D eigenvalue weighted by Crippen LogP contribution is 2.35. The Morgan fingerprint density at radius 1 is 1.12 bits per heavy atom. The molecule has 1 unspecified atom stereocenters. The van der Waals surface area contributed by atoms with E-state index in [-0.39, 0.29) is 5.56 Å². The summed E-state index contributed by atoms with van der Waals surface area (Å²) in [6, 6.07) is 9.18. The number of hydrogen-bond donors (Lipinski definition) is 3. The van der Waals surface area contributed by atoms with Crippen molar-refractivity contribution in [2.45, 2.75) is 26.1 Å². The molecule has 0 aliphatic carbocycles. The van der Waals surface area contributed by atoms with E-state index in [4.69, 9.17) is 5.73 Å². The van der Waals surface area contributed by atoms with Crippen molar-refractivity contribution in [2.24, 2.45) is 7.05 Å². The molecule has 0 radical (unpaired) electrons. The average molecular weight is 469 g/mol. The van der Waals surface area contributed by atoms with Crippen LogP contribution in [0.3, 0.4) is 0 Å². The fourth-order valence-corrected chi connectivity index (χ4v) is 3.91. The van der Waals surface area contributed by atoms with Gasteiger partial charge in [0.2, 0.25) is 0 Å². The van der Waals surface area contributed by atoms with Gasteiger partial charge in [-0.25, -0.2) is 9.97 Å². The number of amides is 1. The maximum absolute atomic E-state index is 12.9. The van der Waals surface area contributed by atoms with Gasteiger partial charge >= 0.3 is 6.18 Å². The van der Waals surface area contributed by atoms with Crippen LogP contribution in [-0.4, -0.2) is 25.5 Å². The number of alkyl halides is 3. The molecule has 176 valence electrons. The fraction of sp³-hybridized carbons (Fsp3) is 0.208. The van der Waals surface area contributed by atoms with E-state index in [1.807, 2.05) is 24.7 Å². The summed E-state index contributed by atoms with van der Waals surface area (Å²) in [5.74, 6) is 0.0794. The molecule has 0 bridgehead atoms. The van der Waals surface area contributed by atoms with E-state index in [1.165, 1.54) is 6.07 Å². The fourth-order valence-electron chi connectivity index (χ4n) is 3.91. The Morgan fingerprint density at radius 3 is 2.53 bits per heavy atom. The van der Waals surface area contributed by atoms with Gasteiger partial charge in [-0.15, -0.1) is 0 Å². The van der Waals surface area contributed by atoms with Crippen LogP contribution >= 0.6 is 0 Å². The minimum Gasteiger partial charge on any atom is -0.383 e. The van der Waals surface area contributed by atoms with Gasteiger partial charge in [0.1, 0.15) is 17.3 Å². The number of benzene rings is 2. The molecular formula is C24H22F3N5O2. The van der Waals surface area contributed by atoms with Gasteiger partial charge in [0.05, 0.1) is 10.9 Å². The first kappa shape index (κ1) is 23.2. The Morgan fingerprint density at radius 2 is 1.85 bits per heavy atom. The van der Waals surface area contributed by atoms with Crippen LogP contribution in [0.1, 0.15) is 28.6 Å². The van der Waals surface area contributed by atoms with Crippen molar-refractivity contribution in [3.05, 3.63) is 71.2 Å². The number of nitrogens with one attached hydrogen (secondary N) is 1. The van der Waals surface area contributed by atoms with Crippen LogP contribution in [-0.2, 0) is 18.0 Å². The quantitative estimate of drug-likeness (QED) is 0.407. The van der Waals surface area contributed by atoms with Gasteiger partial charge in [-0.2, -0.15) is 13.2 Å². The summed E-state index contributed by atoms with van der Waals surface area (Å²) in [6.45, 7) is 3.61. The number of aromatic nitrogens is 3. The van der Waals surface area contributed by atoms with Gasteiger partial charge < -0.3 is 20.7 Å². The average Bonchev–Trinajstić information content (AvgIpc) is 3.09. The third kappa shape index (κ3) is 4.32. The SMILES string of the molecule is Cc1nc(N)c2c(-c3ccc(NC(=O)C(O)c4cccc(C(F)(F)F)c4)cc3C)cn(C)c2n1. The molecule has 2 aromatic heterocycles. The molecule has 0 fully saturated rings. The van der Waals surface area contributed by atoms with Crippen LogP contribution in [0.15, 0.2) is 48.7 Å². The zero-order valence-corrected chi connectivity index (χ0v) is 18.6. The number of hydrogen-bond acceptors (Lipinski definition) is 5. The van der Waals surface area contributed by atoms with Crippen molar-refractivity contribution in [3.8, 4) is 11.1 Å². The van der Waals surface area contributed by atoms with Gasteiger partial charge in [0.25, 0.3) is 5.91 Å². The lowest BCUT2D eigenvalue weighted by molar-refractivity contribution is -0.138. The lowest BCUT2D eigenvalue weighted by Crippen LogP contribution is -2.21. The summed E-state index contributed by atoms with van der Waals surface area (Å²) < 4.78 is 40.7. The van der Waals surface area contributed by atoms with Crippen LogP contribution < -0.4 is 11.1 Å². The number of carbonyl (C=O) groups is 1. The van der Waals surface area contributed by atoms with Crippen molar-refractivity contribution in [1.29, 1.82) is 0 Å². The molecule has 0 spiro atoms. The summed E-state index contributed by atoms with van der Waals surface area (Å²) >= 11 is 0. The second kappa shape index (κ2) is 8.45. The van der Waals surface area contributed by atoms with E-state index < -0.39 is 23.8 Å². The summed E-state index contributed by atoms with van der Waals surface area (Å²) in [5, 5.41) is 13.6. The molecule has 4 aromatic rings. The number of aliphatic hydroxyl groups excluding tert-OH is 1. The third-order valence-electron chi connectivity index (χ3n) is 5.52. The highest BCUT2D eigenvalue weighted by molar-refractivity contribution is 6.02. The molecule has 10 heteroatoms. The van der Waals surface area contributed by atoms with Gasteiger partial charge in [-0.1, -0.05) is 18.2 Å². The number of fused-ring (bicyclic) bond motifs is 1. The number of carbonyl (C=O) groups excluding carboxylic acids is 1. The standard InChI is InChI=1S/C24H22F3N5O2/c1-12-9-16(31-23(34)20(33)14-5-4-6-15(10-14)24(25,26)27)7-8-17(12)18-11-32(3)22-19(18)21(28)29-13(2)30-22/h4-11,20,33H,1-3H3,(H,31,34)(H2,28,29,30). The monoisotopic (exact) mass is 469 g/mol. The first-order chi connectivity index (χ1) is 16.0. The Balaban J connectivity index is 1.60. The Hall–Kier alpha value is -3.92. The molecule has 2 heterocycles. The molecule has 4 rings (SSSR count). The maximum Gasteiger partial charge on any atom is 0.416 e. The first-order valence-corrected chi connectivity index (χ1v) is 10.3. The largest absolute Gasteiger partial charge is 0.416 e. The van der Waals surface area contributed by atoms with Gasteiger partial charge in [-0.3, -0.25) is 4.79 Å². The molecule has 0 saturated heterocycles. The van der Waals surface area contributed by atoms with Crippen LogP contribution in [0.2, 0.25) is 0 Å². The highest BCUT2D eigenvalue weighted by Gasteiger charge is 2.31. The molecule has 4 N–H and O–H groups in total. The molecule has 1 amide bonds. The Kier molecular flexibility index (Phi) is 5.78. The number of nitrogens with two attached hydrogens (primary N) is 1. The maximum atomic E-state index is 12.9. The highest BCUT2D eigenvalue weighted by atomic mass is 19.4. The zero-order valence-electron chi connectivity index (χ0n) is 18.6. The predicted molar refractivity (Wildman–Crippen MR) is 123 cm³/mol. The van der Waals surface area contributed by atoms with Gasteiger partial charge in [0.15, 0.2) is 6.10 Å². The summed E-state index contributed by atoms with van der Waals surface area (Å²) in [4.78, 5) is 21.2. The third-order valence-corrected chi connectivity index (χ3v) is 5.52. The molecule has 34 heavy (non-hydrogen) atoms. The lowest BCUT2D eigenvalue weighted by atomic mass is 10.00. The van der Waals surface area contributed by atoms with Crippen molar-refractivity contribution >= 4 is 28.4 Å². The molecule has 0 aliphatic heterocycles. The zero-order chi connectivity index (χ0) is 24.8.